The average molecular weight is 579 g/mol. The molecule has 1 fully saturated rings. The van der Waals surface area contributed by atoms with E-state index >= 15 is 0 Å². The van der Waals surface area contributed by atoms with Crippen LogP contribution in [-0.2, 0) is 19.2 Å². The molecule has 0 aliphatic carbocycles. The van der Waals surface area contributed by atoms with E-state index in [1.54, 1.807) is 18.9 Å². The van der Waals surface area contributed by atoms with Crippen LogP contribution in [0.1, 0.15) is 57.7 Å². The zero-order valence-electron chi connectivity index (χ0n) is 25.5. The van der Waals surface area contributed by atoms with Crippen molar-refractivity contribution in [2.24, 2.45) is 5.92 Å². The van der Waals surface area contributed by atoms with Gasteiger partial charge in [0.1, 0.15) is 6.04 Å². The van der Waals surface area contributed by atoms with Crippen molar-refractivity contribution < 1.29 is 19.2 Å². The fraction of sp³-hybridized carbons (Fsp3) is 0.500. The van der Waals surface area contributed by atoms with E-state index in [1.165, 1.54) is 5.01 Å². The predicted octanol–water partition coefficient (Wildman–Crippen LogP) is 2.33. The lowest BCUT2D eigenvalue weighted by Gasteiger charge is -2.33. The van der Waals surface area contributed by atoms with Crippen LogP contribution in [0.25, 0.3) is 0 Å². The summed E-state index contributed by atoms with van der Waals surface area (Å²) in [5.74, 6) is -0.189. The smallest absolute Gasteiger partial charge is 0.245 e. The van der Waals surface area contributed by atoms with Crippen molar-refractivity contribution in [1.82, 2.24) is 30.9 Å². The van der Waals surface area contributed by atoms with Crippen LogP contribution in [0.3, 0.4) is 0 Å². The summed E-state index contributed by atoms with van der Waals surface area (Å²) in [6.45, 7) is 9.25. The van der Waals surface area contributed by atoms with Gasteiger partial charge in [-0.15, -0.1) is 0 Å². The van der Waals surface area contributed by atoms with Gasteiger partial charge in [-0.25, -0.2) is 5.01 Å². The molecule has 0 radical (unpaired) electrons. The Hall–Kier alpha value is -3.76. The first-order chi connectivity index (χ1) is 20.1. The standard InChI is InChI=1S/C32H46N6O4/c1-23(2)20-29(40)36(21-24(3)34-31(41)25(4)33-5)18-19-37-17-16-28(38(37)22-39)32(42)35-30(26-12-8-6-9-13-26)27-14-10-7-11-15-27/h6-15,22-25,28,30,33H,16-21H2,1-5H3,(H,34,41)(H,35,42). The number of likely N-dealkylation sites (N-methyl/N-ethyl adjacent to an activating group) is 1. The van der Waals surface area contributed by atoms with E-state index in [1.807, 2.05) is 86.4 Å². The van der Waals surface area contributed by atoms with Gasteiger partial charge >= 0.3 is 0 Å². The number of hydrogen-bond acceptors (Lipinski definition) is 6. The molecule has 2 aromatic rings. The molecule has 1 aliphatic heterocycles. The van der Waals surface area contributed by atoms with Crippen molar-refractivity contribution in [3.05, 3.63) is 71.8 Å². The number of carbonyl (C=O) groups excluding carboxylic acids is 4. The third-order valence-corrected chi connectivity index (χ3v) is 7.54. The average Bonchev–Trinajstić information content (AvgIpc) is 3.40. The zero-order valence-corrected chi connectivity index (χ0v) is 25.5. The summed E-state index contributed by atoms with van der Waals surface area (Å²) >= 11 is 0. The van der Waals surface area contributed by atoms with Gasteiger partial charge in [-0.2, -0.15) is 0 Å². The SMILES string of the molecule is CNC(C)C(=O)NC(C)CN(CCN1CCC(C(=O)NC(c2ccccc2)c2ccccc2)N1C=O)C(=O)CC(C)C. The molecule has 1 aliphatic rings. The number of amides is 4. The van der Waals surface area contributed by atoms with Gasteiger partial charge in [-0.05, 0) is 44.4 Å². The molecular formula is C32H46N6O4. The maximum absolute atomic E-state index is 13.6. The predicted molar refractivity (Wildman–Crippen MR) is 163 cm³/mol. The zero-order chi connectivity index (χ0) is 30.6. The molecule has 10 nitrogen and oxygen atoms in total. The van der Waals surface area contributed by atoms with Crippen LogP contribution in [0.2, 0.25) is 0 Å². The number of hydrazine groups is 1. The van der Waals surface area contributed by atoms with Crippen molar-refractivity contribution >= 4 is 24.1 Å². The molecule has 1 heterocycles. The summed E-state index contributed by atoms with van der Waals surface area (Å²) in [5.41, 5.74) is 1.91. The van der Waals surface area contributed by atoms with E-state index in [0.717, 1.165) is 11.1 Å². The molecule has 3 rings (SSSR count). The summed E-state index contributed by atoms with van der Waals surface area (Å²) in [6, 6.07) is 17.9. The normalized spacial score (nSPS) is 16.7. The molecule has 3 N–H and O–H groups in total. The molecule has 4 amide bonds. The largest absolute Gasteiger partial charge is 0.351 e. The molecule has 42 heavy (non-hydrogen) atoms. The molecule has 1 saturated heterocycles. The summed E-state index contributed by atoms with van der Waals surface area (Å²) < 4.78 is 0. The molecule has 228 valence electrons. The molecule has 0 aromatic heterocycles. The maximum Gasteiger partial charge on any atom is 0.245 e. The number of rotatable bonds is 15. The van der Waals surface area contributed by atoms with Crippen LogP contribution in [0, 0.1) is 5.92 Å². The lowest BCUT2D eigenvalue weighted by molar-refractivity contribution is -0.143. The second kappa shape index (κ2) is 16.0. The summed E-state index contributed by atoms with van der Waals surface area (Å²) in [7, 11) is 1.72. The Kier molecular flexibility index (Phi) is 12.5. The quantitative estimate of drug-likeness (QED) is 0.280. The second-order valence-electron chi connectivity index (χ2n) is 11.4. The Bertz CT molecular complexity index is 1120. The van der Waals surface area contributed by atoms with Gasteiger partial charge in [-0.3, -0.25) is 24.2 Å². The summed E-state index contributed by atoms with van der Waals surface area (Å²) in [4.78, 5) is 53.0. The molecular weight excluding hydrogens is 532 g/mol. The molecule has 10 heteroatoms. The first-order valence-corrected chi connectivity index (χ1v) is 14.8. The van der Waals surface area contributed by atoms with Gasteiger partial charge in [0, 0.05) is 38.6 Å². The first kappa shape index (κ1) is 32.8. The van der Waals surface area contributed by atoms with Crippen LogP contribution < -0.4 is 16.0 Å². The Balaban J connectivity index is 1.68. The number of nitrogens with one attached hydrogen (secondary N) is 3. The topological polar surface area (TPSA) is 114 Å². The van der Waals surface area contributed by atoms with E-state index in [-0.39, 0.29) is 41.8 Å². The minimum absolute atomic E-state index is 0.00697. The Morgan fingerprint density at radius 1 is 0.952 bits per heavy atom. The van der Waals surface area contributed by atoms with Crippen molar-refractivity contribution in [3.8, 4) is 0 Å². The molecule has 0 spiro atoms. The van der Waals surface area contributed by atoms with E-state index in [9.17, 15) is 19.2 Å². The molecule has 3 atom stereocenters. The van der Waals surface area contributed by atoms with Crippen molar-refractivity contribution in [3.63, 3.8) is 0 Å². The minimum Gasteiger partial charge on any atom is -0.351 e. The number of nitrogens with zero attached hydrogens (tertiary/aromatic N) is 3. The van der Waals surface area contributed by atoms with E-state index in [2.05, 4.69) is 16.0 Å². The van der Waals surface area contributed by atoms with Crippen molar-refractivity contribution in [1.29, 1.82) is 0 Å². The monoisotopic (exact) mass is 578 g/mol. The van der Waals surface area contributed by atoms with E-state index < -0.39 is 6.04 Å². The highest BCUT2D eigenvalue weighted by atomic mass is 16.2. The number of hydrogen-bond donors (Lipinski definition) is 3. The highest BCUT2D eigenvalue weighted by Crippen LogP contribution is 2.24. The Morgan fingerprint density at radius 3 is 2.07 bits per heavy atom. The van der Waals surface area contributed by atoms with Gasteiger partial charge in [0.25, 0.3) is 0 Å². The van der Waals surface area contributed by atoms with Gasteiger partial charge < -0.3 is 20.9 Å². The molecule has 0 saturated carbocycles. The molecule has 2 aromatic carbocycles. The van der Waals surface area contributed by atoms with Gasteiger partial charge in [0.05, 0.1) is 12.1 Å². The third-order valence-electron chi connectivity index (χ3n) is 7.54. The van der Waals surface area contributed by atoms with Gasteiger partial charge in [0.2, 0.25) is 24.1 Å². The van der Waals surface area contributed by atoms with Gasteiger partial charge in [-0.1, -0.05) is 74.5 Å². The number of benzene rings is 2. The summed E-state index contributed by atoms with van der Waals surface area (Å²) in [6.07, 6.45) is 1.56. The second-order valence-corrected chi connectivity index (χ2v) is 11.4. The summed E-state index contributed by atoms with van der Waals surface area (Å²) in [5, 5.41) is 12.3. The van der Waals surface area contributed by atoms with Crippen LogP contribution in [0.4, 0.5) is 0 Å². The van der Waals surface area contributed by atoms with Crippen LogP contribution in [0.5, 0.6) is 0 Å². The maximum atomic E-state index is 13.6. The number of carbonyl (C=O) groups is 4. The van der Waals surface area contributed by atoms with Crippen LogP contribution in [-0.4, -0.2) is 90.4 Å². The molecule has 3 unspecified atom stereocenters. The lowest BCUT2D eigenvalue weighted by Crippen LogP contribution is -2.52. The Labute approximate surface area is 249 Å². The third kappa shape index (κ3) is 9.12. The van der Waals surface area contributed by atoms with Crippen molar-refractivity contribution in [2.45, 2.75) is 64.7 Å². The lowest BCUT2D eigenvalue weighted by atomic mass is 9.98. The van der Waals surface area contributed by atoms with E-state index in [4.69, 9.17) is 0 Å². The van der Waals surface area contributed by atoms with Crippen molar-refractivity contribution in [2.75, 3.05) is 33.2 Å². The Morgan fingerprint density at radius 2 is 1.55 bits per heavy atom. The van der Waals surface area contributed by atoms with Crippen LogP contribution >= 0.6 is 0 Å². The van der Waals surface area contributed by atoms with E-state index in [0.29, 0.717) is 45.4 Å². The highest BCUT2D eigenvalue weighted by Gasteiger charge is 2.37. The fourth-order valence-corrected chi connectivity index (χ4v) is 5.13. The minimum atomic E-state index is -0.654. The highest BCUT2D eigenvalue weighted by molar-refractivity contribution is 5.84. The fourth-order valence-electron chi connectivity index (χ4n) is 5.13. The molecule has 0 bridgehead atoms. The van der Waals surface area contributed by atoms with Crippen LogP contribution in [0.15, 0.2) is 60.7 Å². The first-order valence-electron chi connectivity index (χ1n) is 14.8. The van der Waals surface area contributed by atoms with Gasteiger partial charge in [0.15, 0.2) is 0 Å².